The maximum absolute atomic E-state index is 12.1. The molecule has 0 aromatic heterocycles. The zero-order valence-electron chi connectivity index (χ0n) is 11.1. The normalized spacial score (nSPS) is 26.9. The number of hydrogen-bond donors (Lipinski definition) is 1. The van der Waals surface area contributed by atoms with Crippen molar-refractivity contribution >= 4 is 10.2 Å². The molecule has 2 rings (SSSR count). The van der Waals surface area contributed by atoms with Gasteiger partial charge in [-0.25, -0.2) is 0 Å². The van der Waals surface area contributed by atoms with Crippen LogP contribution in [0, 0.1) is 0 Å². The molecule has 0 radical (unpaired) electrons. The minimum atomic E-state index is -3.34. The summed E-state index contributed by atoms with van der Waals surface area (Å²) >= 11 is 0. The lowest BCUT2D eigenvalue weighted by molar-refractivity contribution is 0.114. The molecule has 0 bridgehead atoms. The van der Waals surface area contributed by atoms with Crippen molar-refractivity contribution in [1.82, 2.24) is 9.03 Å². The van der Waals surface area contributed by atoms with E-state index in [-0.39, 0.29) is 12.1 Å². The summed E-state index contributed by atoms with van der Waals surface area (Å²) in [5.41, 5.74) is 0. The van der Waals surface area contributed by atoms with Crippen molar-refractivity contribution < 1.29 is 13.2 Å². The van der Waals surface area contributed by atoms with Crippen molar-refractivity contribution in [2.75, 3.05) is 20.2 Å². The van der Waals surface area contributed by atoms with E-state index in [0.29, 0.717) is 6.54 Å². The second-order valence-electron chi connectivity index (χ2n) is 5.30. The van der Waals surface area contributed by atoms with Gasteiger partial charge in [0.2, 0.25) is 0 Å². The summed E-state index contributed by atoms with van der Waals surface area (Å²) in [5.74, 6) is 0. The molecule has 18 heavy (non-hydrogen) atoms. The van der Waals surface area contributed by atoms with Gasteiger partial charge in [-0.3, -0.25) is 0 Å². The van der Waals surface area contributed by atoms with Gasteiger partial charge >= 0.3 is 0 Å². The standard InChI is InChI=1S/C12H24N2O3S/c1-14(11-6-3-2-4-7-11)18(15,16)13-10-12-8-5-9-17-12/h11-13H,2-10H2,1H3. The van der Waals surface area contributed by atoms with Gasteiger partial charge in [-0.2, -0.15) is 17.4 Å². The number of rotatable bonds is 5. The summed E-state index contributed by atoms with van der Waals surface area (Å²) in [6, 6.07) is 0.167. The van der Waals surface area contributed by atoms with E-state index in [2.05, 4.69) is 4.72 Å². The van der Waals surface area contributed by atoms with Crippen LogP contribution in [0.1, 0.15) is 44.9 Å². The van der Waals surface area contributed by atoms with Crippen molar-refractivity contribution in [1.29, 1.82) is 0 Å². The smallest absolute Gasteiger partial charge is 0.279 e. The largest absolute Gasteiger partial charge is 0.377 e. The molecule has 5 nitrogen and oxygen atoms in total. The van der Waals surface area contributed by atoms with Gasteiger partial charge in [0.05, 0.1) is 6.10 Å². The Morgan fingerprint density at radius 1 is 1.17 bits per heavy atom. The van der Waals surface area contributed by atoms with Crippen LogP contribution < -0.4 is 4.72 Å². The summed E-state index contributed by atoms with van der Waals surface area (Å²) in [4.78, 5) is 0. The third-order valence-electron chi connectivity index (χ3n) is 3.99. The Morgan fingerprint density at radius 3 is 2.50 bits per heavy atom. The molecule has 0 amide bonds. The summed E-state index contributed by atoms with van der Waals surface area (Å²) < 4.78 is 33.9. The van der Waals surface area contributed by atoms with Crippen LogP contribution in [0.25, 0.3) is 0 Å². The predicted octanol–water partition coefficient (Wildman–Crippen LogP) is 1.26. The molecule has 0 aromatic rings. The van der Waals surface area contributed by atoms with E-state index >= 15 is 0 Å². The minimum absolute atomic E-state index is 0.0551. The molecule has 0 aromatic carbocycles. The zero-order valence-corrected chi connectivity index (χ0v) is 11.9. The first-order valence-corrected chi connectivity index (χ1v) is 8.38. The highest BCUT2D eigenvalue weighted by molar-refractivity contribution is 7.87. The third-order valence-corrected chi connectivity index (χ3v) is 5.57. The van der Waals surface area contributed by atoms with Crippen LogP contribution in [0.15, 0.2) is 0 Å². The van der Waals surface area contributed by atoms with E-state index in [0.717, 1.165) is 45.1 Å². The molecule has 2 fully saturated rings. The molecule has 1 N–H and O–H groups in total. The lowest BCUT2D eigenvalue weighted by Gasteiger charge is -2.30. The maximum atomic E-state index is 12.1. The fourth-order valence-electron chi connectivity index (χ4n) is 2.75. The van der Waals surface area contributed by atoms with Crippen molar-refractivity contribution in [3.63, 3.8) is 0 Å². The average molecular weight is 276 g/mol. The van der Waals surface area contributed by atoms with Gasteiger partial charge in [0.15, 0.2) is 0 Å². The van der Waals surface area contributed by atoms with Gasteiger partial charge in [-0.1, -0.05) is 19.3 Å². The van der Waals surface area contributed by atoms with Crippen LogP contribution in [0.5, 0.6) is 0 Å². The molecular formula is C12H24N2O3S. The number of nitrogens with one attached hydrogen (secondary N) is 1. The Bertz CT molecular complexity index is 346. The summed E-state index contributed by atoms with van der Waals surface area (Å²) in [6.45, 7) is 1.16. The van der Waals surface area contributed by atoms with Gasteiger partial charge in [0, 0.05) is 26.2 Å². The lowest BCUT2D eigenvalue weighted by Crippen LogP contribution is -2.46. The molecule has 1 aliphatic carbocycles. The SMILES string of the molecule is CN(C1CCCCC1)S(=O)(=O)NCC1CCCO1. The van der Waals surface area contributed by atoms with E-state index in [1.807, 2.05) is 0 Å². The van der Waals surface area contributed by atoms with Crippen LogP contribution in [0.2, 0.25) is 0 Å². The van der Waals surface area contributed by atoms with E-state index in [9.17, 15) is 8.42 Å². The first-order valence-electron chi connectivity index (χ1n) is 6.94. The summed E-state index contributed by atoms with van der Waals surface area (Å²) in [5, 5.41) is 0. The van der Waals surface area contributed by atoms with Crippen molar-refractivity contribution in [2.45, 2.75) is 57.1 Å². The molecule has 6 heteroatoms. The Labute approximate surface area is 110 Å². The van der Waals surface area contributed by atoms with Crippen LogP contribution >= 0.6 is 0 Å². The molecule has 2 aliphatic rings. The Morgan fingerprint density at radius 2 is 1.89 bits per heavy atom. The van der Waals surface area contributed by atoms with Gasteiger partial charge in [0.1, 0.15) is 0 Å². The maximum Gasteiger partial charge on any atom is 0.279 e. The molecule has 0 spiro atoms. The van der Waals surface area contributed by atoms with Crippen molar-refractivity contribution in [3.05, 3.63) is 0 Å². The van der Waals surface area contributed by atoms with Crippen LogP contribution in [0.3, 0.4) is 0 Å². The van der Waals surface area contributed by atoms with Gasteiger partial charge in [-0.05, 0) is 25.7 Å². The molecule has 106 valence electrons. The van der Waals surface area contributed by atoms with Crippen LogP contribution in [-0.4, -0.2) is 45.1 Å². The number of hydrogen-bond acceptors (Lipinski definition) is 3. The Kier molecular flexibility index (Phi) is 5.00. The predicted molar refractivity (Wildman–Crippen MR) is 70.5 cm³/mol. The molecule has 1 unspecified atom stereocenters. The van der Waals surface area contributed by atoms with E-state index in [1.165, 1.54) is 10.7 Å². The highest BCUT2D eigenvalue weighted by atomic mass is 32.2. The van der Waals surface area contributed by atoms with Crippen molar-refractivity contribution in [2.24, 2.45) is 0 Å². The van der Waals surface area contributed by atoms with E-state index in [1.54, 1.807) is 7.05 Å². The number of nitrogens with zero attached hydrogens (tertiary/aromatic N) is 1. The second-order valence-corrected chi connectivity index (χ2v) is 7.11. The van der Waals surface area contributed by atoms with E-state index < -0.39 is 10.2 Å². The first-order chi connectivity index (χ1) is 8.59. The monoisotopic (exact) mass is 276 g/mol. The first kappa shape index (κ1) is 14.2. The molecule has 1 saturated heterocycles. The molecule has 1 aliphatic heterocycles. The average Bonchev–Trinajstić information content (AvgIpc) is 2.90. The quantitative estimate of drug-likeness (QED) is 0.822. The molecule has 1 saturated carbocycles. The van der Waals surface area contributed by atoms with Gasteiger partial charge < -0.3 is 4.74 Å². The topological polar surface area (TPSA) is 58.6 Å². The Hall–Kier alpha value is -0.170. The summed E-state index contributed by atoms with van der Waals surface area (Å²) in [6.07, 6.45) is 7.51. The number of ether oxygens (including phenoxy) is 1. The fraction of sp³-hybridized carbons (Fsp3) is 1.00. The van der Waals surface area contributed by atoms with E-state index in [4.69, 9.17) is 4.74 Å². The highest BCUT2D eigenvalue weighted by Crippen LogP contribution is 2.23. The van der Waals surface area contributed by atoms with Crippen LogP contribution in [-0.2, 0) is 14.9 Å². The lowest BCUT2D eigenvalue weighted by atomic mass is 9.96. The second kappa shape index (κ2) is 6.32. The van der Waals surface area contributed by atoms with Crippen molar-refractivity contribution in [3.8, 4) is 0 Å². The van der Waals surface area contributed by atoms with Crippen LogP contribution in [0.4, 0.5) is 0 Å². The highest BCUT2D eigenvalue weighted by Gasteiger charge is 2.28. The van der Waals surface area contributed by atoms with Gasteiger partial charge in [0.25, 0.3) is 10.2 Å². The zero-order chi connectivity index (χ0) is 13.0. The molecule has 1 atom stereocenters. The minimum Gasteiger partial charge on any atom is -0.377 e. The summed E-state index contributed by atoms with van der Waals surface area (Å²) in [7, 11) is -1.66. The molecular weight excluding hydrogens is 252 g/mol. The molecule has 1 heterocycles. The Balaban J connectivity index is 1.84. The third kappa shape index (κ3) is 3.66. The van der Waals surface area contributed by atoms with Gasteiger partial charge in [-0.15, -0.1) is 0 Å². The fourth-order valence-corrected chi connectivity index (χ4v) is 3.95.